The molecule has 0 fully saturated rings. The fraction of sp³-hybridized carbons (Fsp3) is 0.0769. The van der Waals surface area contributed by atoms with Crippen molar-refractivity contribution in [2.45, 2.75) is 9.79 Å². The quantitative estimate of drug-likeness (QED) is 0.190. The van der Waals surface area contributed by atoms with Crippen LogP contribution in [0.5, 0.6) is 0 Å². The Balaban J connectivity index is 0.000000321. The van der Waals surface area contributed by atoms with Crippen LogP contribution in [0.2, 0.25) is 0 Å². The summed E-state index contributed by atoms with van der Waals surface area (Å²) in [5, 5.41) is 0. The fourth-order valence-electron chi connectivity index (χ4n) is 2.65. The molecule has 0 saturated carbocycles. The fourth-order valence-corrected chi connectivity index (χ4v) is 3.74. The van der Waals surface area contributed by atoms with Gasteiger partial charge in [-0.3, -0.25) is 20.0 Å². The first-order valence-electron chi connectivity index (χ1n) is 9.96. The van der Waals surface area contributed by atoms with Crippen LogP contribution in [0.25, 0.3) is 0 Å². The largest absolute Gasteiger partial charge is 1.00 e. The molecule has 34 heavy (non-hydrogen) atoms. The van der Waals surface area contributed by atoms with E-state index in [-0.39, 0.29) is 34.1 Å². The molecule has 0 spiro atoms. The van der Waals surface area contributed by atoms with Crippen molar-refractivity contribution in [3.8, 4) is 0 Å². The van der Waals surface area contributed by atoms with Crippen LogP contribution < -0.4 is 17.0 Å². The van der Waals surface area contributed by atoms with E-state index in [4.69, 9.17) is 0 Å². The van der Waals surface area contributed by atoms with Gasteiger partial charge in [0, 0.05) is 22.2 Å². The number of rotatable bonds is 6. The van der Waals surface area contributed by atoms with Crippen LogP contribution in [0.15, 0.2) is 117 Å². The van der Waals surface area contributed by atoms with E-state index in [0.29, 0.717) is 0 Å². The second-order valence-electron chi connectivity index (χ2n) is 6.37. The minimum Gasteiger partial charge on any atom is -1.00 e. The van der Waals surface area contributed by atoms with Gasteiger partial charge in [0.1, 0.15) is 0 Å². The first-order chi connectivity index (χ1) is 15.8. The van der Waals surface area contributed by atoms with E-state index < -0.39 is 0 Å². The molecule has 4 aromatic rings. The third-order valence-electron chi connectivity index (χ3n) is 4.22. The van der Waals surface area contributed by atoms with Gasteiger partial charge in [0.25, 0.3) is 0 Å². The van der Waals surface area contributed by atoms with Gasteiger partial charge < -0.3 is 17.0 Å². The standard InChI is InChI=1S/2C13H12N2S.BrH.Cu/c2*1-16-13-8-3-2-7-12(13)15-10-11-6-4-5-9-14-11;;/h2*2-10H,1H3;1H;/q;;;+1/p-1. The first-order valence-corrected chi connectivity index (χ1v) is 12.4. The summed E-state index contributed by atoms with van der Waals surface area (Å²) in [6.45, 7) is 0. The summed E-state index contributed by atoms with van der Waals surface area (Å²) in [4.78, 5) is 19.6. The van der Waals surface area contributed by atoms with Gasteiger partial charge in [0.05, 0.1) is 35.2 Å². The predicted octanol–water partition coefficient (Wildman–Crippen LogP) is 4.11. The van der Waals surface area contributed by atoms with Gasteiger partial charge in [0.15, 0.2) is 0 Å². The van der Waals surface area contributed by atoms with Crippen molar-refractivity contribution in [3.63, 3.8) is 0 Å². The van der Waals surface area contributed by atoms with Crippen molar-refractivity contribution in [2.75, 3.05) is 12.5 Å². The zero-order valence-electron chi connectivity index (χ0n) is 18.7. The van der Waals surface area contributed by atoms with Crippen LogP contribution in [0.1, 0.15) is 11.4 Å². The van der Waals surface area contributed by atoms with Gasteiger partial charge in [0.2, 0.25) is 0 Å². The van der Waals surface area contributed by atoms with Gasteiger partial charge in [-0.15, -0.1) is 23.5 Å². The smallest absolute Gasteiger partial charge is 1.00 e. The second-order valence-corrected chi connectivity index (χ2v) is 8.07. The summed E-state index contributed by atoms with van der Waals surface area (Å²) < 4.78 is 0. The van der Waals surface area contributed by atoms with Crippen molar-refractivity contribution in [3.05, 3.63) is 109 Å². The average Bonchev–Trinajstić information content (AvgIpc) is 2.88. The summed E-state index contributed by atoms with van der Waals surface area (Å²) in [5.41, 5.74) is 3.72. The Kier molecular flexibility index (Phi) is 15.1. The molecule has 0 aliphatic rings. The molecule has 2 aromatic carbocycles. The summed E-state index contributed by atoms with van der Waals surface area (Å²) in [7, 11) is 0. The Hall–Kier alpha value is -2.22. The monoisotopic (exact) mass is 598 g/mol. The van der Waals surface area contributed by atoms with E-state index in [0.717, 1.165) is 22.8 Å². The molecule has 8 heteroatoms. The maximum Gasteiger partial charge on any atom is 1.00 e. The molecule has 0 aliphatic carbocycles. The van der Waals surface area contributed by atoms with Crippen LogP contribution in [-0.2, 0) is 17.1 Å². The molecule has 0 amide bonds. The zero-order chi connectivity index (χ0) is 22.4. The van der Waals surface area contributed by atoms with Crippen LogP contribution in [-0.4, -0.2) is 34.9 Å². The number of thioether (sulfide) groups is 2. The van der Waals surface area contributed by atoms with Gasteiger partial charge in [-0.1, -0.05) is 36.4 Å². The molecular weight excluding hydrogens is 576 g/mol. The number of benzene rings is 2. The predicted molar refractivity (Wildman–Crippen MR) is 139 cm³/mol. The number of nitrogens with zero attached hydrogens (tertiary/aromatic N) is 4. The maximum atomic E-state index is 4.44. The molecule has 4 nitrogen and oxygen atoms in total. The van der Waals surface area contributed by atoms with E-state index in [1.165, 1.54) is 9.79 Å². The van der Waals surface area contributed by atoms with E-state index in [2.05, 4.69) is 44.6 Å². The summed E-state index contributed by atoms with van der Waals surface area (Å²) in [6, 6.07) is 27.7. The summed E-state index contributed by atoms with van der Waals surface area (Å²) >= 11 is 3.39. The Morgan fingerprint density at radius 2 is 0.971 bits per heavy atom. The Labute approximate surface area is 231 Å². The number of aromatic nitrogens is 2. The van der Waals surface area contributed by atoms with E-state index in [9.17, 15) is 0 Å². The molecule has 0 N–H and O–H groups in total. The van der Waals surface area contributed by atoms with Gasteiger partial charge in [-0.25, -0.2) is 0 Å². The van der Waals surface area contributed by atoms with Gasteiger partial charge in [-0.2, -0.15) is 0 Å². The molecule has 0 aliphatic heterocycles. The van der Waals surface area contributed by atoms with Gasteiger partial charge in [-0.05, 0) is 61.0 Å². The van der Waals surface area contributed by atoms with Crippen LogP contribution in [0.4, 0.5) is 11.4 Å². The van der Waals surface area contributed by atoms with Crippen molar-refractivity contribution in [2.24, 2.45) is 9.98 Å². The van der Waals surface area contributed by atoms with Crippen molar-refractivity contribution in [1.29, 1.82) is 0 Å². The molecule has 2 heterocycles. The number of halogens is 1. The average molecular weight is 600 g/mol. The summed E-state index contributed by atoms with van der Waals surface area (Å²) in [5.74, 6) is 0. The Morgan fingerprint density at radius 3 is 1.32 bits per heavy atom. The normalized spacial score (nSPS) is 10.2. The van der Waals surface area contributed by atoms with Crippen molar-refractivity contribution < 1.29 is 34.1 Å². The van der Waals surface area contributed by atoms with E-state index in [1.54, 1.807) is 48.3 Å². The number of aliphatic imine (C=N–C) groups is 2. The Bertz CT molecular complexity index is 1070. The number of para-hydroxylation sites is 2. The Morgan fingerprint density at radius 1 is 0.588 bits per heavy atom. The number of hydrogen-bond donors (Lipinski definition) is 0. The first kappa shape index (κ1) is 29.8. The SMILES string of the molecule is CSc1ccccc1N=Cc1ccccn1.CSc1ccccc1N=Cc1ccccn1.[Br-].[Cu+]. The molecular formula is C26H24BrCuN4S2. The molecule has 178 valence electrons. The molecule has 0 saturated heterocycles. The third-order valence-corrected chi connectivity index (χ3v) is 5.79. The van der Waals surface area contributed by atoms with Crippen molar-refractivity contribution >= 4 is 47.3 Å². The van der Waals surface area contributed by atoms with Crippen LogP contribution >= 0.6 is 23.5 Å². The molecule has 0 radical (unpaired) electrons. The topological polar surface area (TPSA) is 50.5 Å². The molecule has 2 aromatic heterocycles. The minimum atomic E-state index is 0. The van der Waals surface area contributed by atoms with E-state index in [1.807, 2.05) is 72.8 Å². The zero-order valence-corrected chi connectivity index (χ0v) is 22.8. The van der Waals surface area contributed by atoms with Crippen LogP contribution in [0.3, 0.4) is 0 Å². The molecule has 0 bridgehead atoms. The molecule has 0 unspecified atom stereocenters. The number of hydrogen-bond acceptors (Lipinski definition) is 6. The molecule has 0 atom stereocenters. The van der Waals surface area contributed by atoms with Gasteiger partial charge >= 0.3 is 17.1 Å². The maximum absolute atomic E-state index is 4.44. The molecule has 4 rings (SSSR count). The van der Waals surface area contributed by atoms with Crippen LogP contribution in [0, 0.1) is 0 Å². The second kappa shape index (κ2) is 17.2. The number of pyridine rings is 2. The van der Waals surface area contributed by atoms with Crippen molar-refractivity contribution in [1.82, 2.24) is 9.97 Å². The third kappa shape index (κ3) is 9.95. The van der Waals surface area contributed by atoms with E-state index >= 15 is 0 Å². The minimum absolute atomic E-state index is 0. The summed E-state index contributed by atoms with van der Waals surface area (Å²) in [6.07, 6.45) is 11.2.